The van der Waals surface area contributed by atoms with E-state index in [1.54, 1.807) is 6.92 Å². The number of rotatable bonds is 2. The minimum Gasteiger partial charge on any atom is -0.249 e. The van der Waals surface area contributed by atoms with E-state index in [2.05, 4.69) is 4.98 Å². The maximum atomic E-state index is 12.4. The van der Waals surface area contributed by atoms with Gasteiger partial charge in [-0.15, -0.1) is 0 Å². The Morgan fingerprint density at radius 1 is 1.64 bits per heavy atom. The van der Waals surface area contributed by atoms with Crippen LogP contribution < -0.4 is 0 Å². The molecule has 0 spiro atoms. The van der Waals surface area contributed by atoms with Crippen molar-refractivity contribution in [1.29, 1.82) is 5.26 Å². The summed E-state index contributed by atoms with van der Waals surface area (Å²) in [4.78, 5) is 3.66. The topological polar surface area (TPSA) is 36.7 Å². The summed E-state index contributed by atoms with van der Waals surface area (Å²) < 4.78 is 24.7. The van der Waals surface area contributed by atoms with Crippen LogP contribution in [-0.2, 0) is 6.42 Å². The summed E-state index contributed by atoms with van der Waals surface area (Å²) in [5.41, 5.74) is 0.552. The van der Waals surface area contributed by atoms with E-state index in [9.17, 15) is 8.78 Å². The Bertz CT molecular complexity index is 385. The summed E-state index contributed by atoms with van der Waals surface area (Å²) in [7, 11) is 0. The van der Waals surface area contributed by atoms with Crippen molar-refractivity contribution in [1.82, 2.24) is 4.98 Å². The zero-order chi connectivity index (χ0) is 10.7. The standard InChI is InChI=1S/C9H7ClF2N2/c1-5-4-6(10)8(9(11)12)14-7(5)2-3-13/h4,9H,2H2,1H3. The van der Waals surface area contributed by atoms with Crippen LogP contribution in [0, 0.1) is 18.3 Å². The van der Waals surface area contributed by atoms with Gasteiger partial charge in [-0.1, -0.05) is 11.6 Å². The maximum absolute atomic E-state index is 12.4. The van der Waals surface area contributed by atoms with E-state index in [-0.39, 0.29) is 11.4 Å². The van der Waals surface area contributed by atoms with Crippen LogP contribution in [0.3, 0.4) is 0 Å². The lowest BCUT2D eigenvalue weighted by atomic mass is 10.1. The van der Waals surface area contributed by atoms with Gasteiger partial charge in [-0.2, -0.15) is 5.26 Å². The van der Waals surface area contributed by atoms with E-state index in [0.717, 1.165) is 0 Å². The van der Waals surface area contributed by atoms with Gasteiger partial charge in [-0.3, -0.25) is 0 Å². The monoisotopic (exact) mass is 216 g/mol. The molecule has 1 aromatic rings. The molecule has 0 N–H and O–H groups in total. The maximum Gasteiger partial charge on any atom is 0.281 e. The minimum atomic E-state index is -2.71. The van der Waals surface area contributed by atoms with E-state index in [0.29, 0.717) is 11.3 Å². The van der Waals surface area contributed by atoms with E-state index in [4.69, 9.17) is 16.9 Å². The van der Waals surface area contributed by atoms with Crippen molar-refractivity contribution < 1.29 is 8.78 Å². The van der Waals surface area contributed by atoms with Gasteiger partial charge in [0.1, 0.15) is 5.69 Å². The van der Waals surface area contributed by atoms with Gasteiger partial charge in [-0.25, -0.2) is 13.8 Å². The van der Waals surface area contributed by atoms with Crippen LogP contribution in [0.4, 0.5) is 8.78 Å². The van der Waals surface area contributed by atoms with Gasteiger partial charge in [0.25, 0.3) is 6.43 Å². The van der Waals surface area contributed by atoms with Gasteiger partial charge in [0, 0.05) is 0 Å². The van der Waals surface area contributed by atoms with Crippen molar-refractivity contribution in [3.63, 3.8) is 0 Å². The highest BCUT2D eigenvalue weighted by Crippen LogP contribution is 2.26. The van der Waals surface area contributed by atoms with Crippen molar-refractivity contribution in [2.24, 2.45) is 0 Å². The molecule has 0 aliphatic carbocycles. The van der Waals surface area contributed by atoms with Gasteiger partial charge in [0.05, 0.1) is 23.2 Å². The Morgan fingerprint density at radius 3 is 2.79 bits per heavy atom. The molecule has 0 amide bonds. The number of aromatic nitrogens is 1. The minimum absolute atomic E-state index is 0.0166. The number of nitriles is 1. The van der Waals surface area contributed by atoms with Crippen LogP contribution >= 0.6 is 11.6 Å². The number of hydrogen-bond acceptors (Lipinski definition) is 2. The average Bonchev–Trinajstić information content (AvgIpc) is 2.09. The molecule has 1 rings (SSSR count). The number of aryl methyl sites for hydroxylation is 1. The van der Waals surface area contributed by atoms with Crippen LogP contribution in [0.5, 0.6) is 0 Å². The predicted molar refractivity (Wildman–Crippen MR) is 48.3 cm³/mol. The highest BCUT2D eigenvalue weighted by Gasteiger charge is 2.16. The number of pyridine rings is 1. The first-order valence-electron chi connectivity index (χ1n) is 3.87. The Kier molecular flexibility index (Phi) is 3.37. The lowest BCUT2D eigenvalue weighted by Crippen LogP contribution is -1.99. The zero-order valence-electron chi connectivity index (χ0n) is 7.39. The third-order valence-corrected chi connectivity index (χ3v) is 2.05. The molecule has 2 nitrogen and oxygen atoms in total. The number of nitrogens with zero attached hydrogens (tertiary/aromatic N) is 2. The predicted octanol–water partition coefficient (Wildman–Crippen LogP) is 3.05. The molecule has 0 fully saturated rings. The highest BCUT2D eigenvalue weighted by molar-refractivity contribution is 6.31. The summed E-state index contributed by atoms with van der Waals surface area (Å²) in [6, 6.07) is 3.27. The van der Waals surface area contributed by atoms with Crippen LogP contribution in [0.15, 0.2) is 6.07 Å². The molecule has 0 bridgehead atoms. The van der Waals surface area contributed by atoms with Gasteiger partial charge < -0.3 is 0 Å². The van der Waals surface area contributed by atoms with Crippen molar-refractivity contribution >= 4 is 11.6 Å². The van der Waals surface area contributed by atoms with E-state index >= 15 is 0 Å². The first-order chi connectivity index (χ1) is 6.56. The molecule has 1 aromatic heterocycles. The quantitative estimate of drug-likeness (QED) is 0.762. The van der Waals surface area contributed by atoms with Gasteiger partial charge >= 0.3 is 0 Å². The fourth-order valence-corrected chi connectivity index (χ4v) is 1.33. The lowest BCUT2D eigenvalue weighted by molar-refractivity contribution is 0.146. The largest absolute Gasteiger partial charge is 0.281 e. The van der Waals surface area contributed by atoms with Crippen molar-refractivity contribution in [2.75, 3.05) is 0 Å². The van der Waals surface area contributed by atoms with Crippen molar-refractivity contribution in [3.05, 3.63) is 28.0 Å². The summed E-state index contributed by atoms with van der Waals surface area (Å²) in [6.07, 6.45) is -2.69. The number of alkyl halides is 2. The molecule has 0 radical (unpaired) electrons. The Hall–Kier alpha value is -1.21. The fraction of sp³-hybridized carbons (Fsp3) is 0.333. The van der Waals surface area contributed by atoms with Crippen molar-refractivity contribution in [3.8, 4) is 6.07 Å². The third-order valence-electron chi connectivity index (χ3n) is 1.75. The SMILES string of the molecule is Cc1cc(Cl)c(C(F)F)nc1CC#N. The van der Waals surface area contributed by atoms with Crippen LogP contribution in [0.2, 0.25) is 5.02 Å². The number of halogens is 3. The smallest absolute Gasteiger partial charge is 0.249 e. The molecule has 0 atom stereocenters. The molecule has 0 saturated heterocycles. The molecule has 0 aromatic carbocycles. The van der Waals surface area contributed by atoms with E-state index in [1.807, 2.05) is 6.07 Å². The second-order valence-electron chi connectivity index (χ2n) is 2.75. The van der Waals surface area contributed by atoms with E-state index in [1.165, 1.54) is 6.07 Å². The van der Waals surface area contributed by atoms with Crippen LogP contribution in [-0.4, -0.2) is 4.98 Å². The molecule has 0 saturated carbocycles. The fourth-order valence-electron chi connectivity index (χ4n) is 1.04. The summed E-state index contributed by atoms with van der Waals surface area (Å²) in [5.74, 6) is 0. The number of hydrogen-bond donors (Lipinski definition) is 0. The van der Waals surface area contributed by atoms with Crippen LogP contribution in [0.25, 0.3) is 0 Å². The molecular weight excluding hydrogens is 210 g/mol. The molecule has 0 aliphatic rings. The lowest BCUT2D eigenvalue weighted by Gasteiger charge is -2.06. The molecule has 1 heterocycles. The first kappa shape index (κ1) is 10.9. The molecule has 5 heteroatoms. The zero-order valence-corrected chi connectivity index (χ0v) is 8.15. The molecule has 0 aliphatic heterocycles. The van der Waals surface area contributed by atoms with Crippen LogP contribution in [0.1, 0.15) is 23.4 Å². The summed E-state index contributed by atoms with van der Waals surface area (Å²) in [5, 5.41) is 8.38. The second-order valence-corrected chi connectivity index (χ2v) is 3.16. The molecular formula is C9H7ClF2N2. The highest BCUT2D eigenvalue weighted by atomic mass is 35.5. The summed E-state index contributed by atoms with van der Waals surface area (Å²) in [6.45, 7) is 1.68. The molecule has 74 valence electrons. The Balaban J connectivity index is 3.21. The summed E-state index contributed by atoms with van der Waals surface area (Å²) >= 11 is 5.57. The Labute approximate surface area is 85.1 Å². The second kappa shape index (κ2) is 4.34. The first-order valence-corrected chi connectivity index (χ1v) is 4.25. The third kappa shape index (κ3) is 2.18. The normalized spacial score (nSPS) is 10.3. The molecule has 14 heavy (non-hydrogen) atoms. The van der Waals surface area contributed by atoms with Gasteiger partial charge in [-0.05, 0) is 18.6 Å². The Morgan fingerprint density at radius 2 is 2.29 bits per heavy atom. The molecule has 0 unspecified atom stereocenters. The van der Waals surface area contributed by atoms with Gasteiger partial charge in [0.2, 0.25) is 0 Å². The van der Waals surface area contributed by atoms with E-state index < -0.39 is 12.1 Å². The van der Waals surface area contributed by atoms with Crippen molar-refractivity contribution in [2.45, 2.75) is 19.8 Å². The average molecular weight is 217 g/mol. The van der Waals surface area contributed by atoms with Gasteiger partial charge in [0.15, 0.2) is 0 Å².